The summed E-state index contributed by atoms with van der Waals surface area (Å²) < 4.78 is 10.1. The Kier molecular flexibility index (Phi) is 4.76. The first-order valence-corrected chi connectivity index (χ1v) is 6.43. The lowest BCUT2D eigenvalue weighted by Crippen LogP contribution is -2.26. The van der Waals surface area contributed by atoms with E-state index < -0.39 is 22.4 Å². The first kappa shape index (κ1) is 13.5. The zero-order valence-corrected chi connectivity index (χ0v) is 11.6. The molecule has 1 atom stereocenters. The van der Waals surface area contributed by atoms with Gasteiger partial charge in [0.1, 0.15) is 0 Å². The van der Waals surface area contributed by atoms with E-state index in [2.05, 4.69) is 25.4 Å². The molecule has 1 aliphatic heterocycles. The molecule has 1 rings (SSSR count). The van der Waals surface area contributed by atoms with E-state index in [-0.39, 0.29) is 4.86 Å². The van der Waals surface area contributed by atoms with Crippen molar-refractivity contribution in [2.45, 2.75) is 0 Å². The molecule has 0 radical (unpaired) electrons. The van der Waals surface area contributed by atoms with Gasteiger partial charge >= 0.3 is 11.9 Å². The Balaban J connectivity index is 3.35. The van der Waals surface area contributed by atoms with Crippen LogP contribution in [0.3, 0.4) is 0 Å². The summed E-state index contributed by atoms with van der Waals surface area (Å²) in [6, 6.07) is 0. The molecule has 0 fully saturated rings. The number of methoxy groups -OCH3 is 2. The highest BCUT2D eigenvalue weighted by molar-refractivity contribution is 9.14. The van der Waals surface area contributed by atoms with Crippen LogP contribution in [0.15, 0.2) is 20.3 Å². The van der Waals surface area contributed by atoms with Gasteiger partial charge in [0.2, 0.25) is 0 Å². The lowest BCUT2D eigenvalue weighted by atomic mass is 10.4. The number of halogens is 2. The van der Waals surface area contributed by atoms with Gasteiger partial charge in [-0.15, -0.1) is 0 Å². The van der Waals surface area contributed by atoms with Crippen LogP contribution in [0, 0.1) is 0 Å². The Morgan fingerprint density at radius 2 is 1.75 bits per heavy atom. The summed E-state index contributed by atoms with van der Waals surface area (Å²) in [5.41, 5.74) is 0. The number of rotatable bonds is 2. The van der Waals surface area contributed by atoms with Gasteiger partial charge in [0.05, 0.1) is 22.4 Å². The zero-order valence-electron chi connectivity index (χ0n) is 8.45. The highest BCUT2D eigenvalue weighted by Crippen LogP contribution is 2.46. The van der Waals surface area contributed by atoms with Gasteiger partial charge < -0.3 is 9.47 Å². The minimum absolute atomic E-state index is 0.119. The third-order valence-corrected chi connectivity index (χ3v) is 5.30. The Morgan fingerprint density at radius 3 is 2.06 bits per heavy atom. The largest absolute Gasteiger partial charge is 0.465 e. The Labute approximate surface area is 108 Å². The minimum atomic E-state index is -0.943. The molecule has 0 spiro atoms. The summed E-state index contributed by atoms with van der Waals surface area (Å²) >= 11 is 9.17. The van der Waals surface area contributed by atoms with Crippen molar-refractivity contribution in [2.75, 3.05) is 14.2 Å². The van der Waals surface area contributed by atoms with Gasteiger partial charge in [-0.2, -0.15) is 0 Å². The number of carbonyl (C=O) groups is 2. The molecule has 88 valence electrons. The van der Waals surface area contributed by atoms with E-state index in [1.165, 1.54) is 14.2 Å². The first-order chi connectivity index (χ1) is 7.52. The number of esters is 2. The van der Waals surface area contributed by atoms with Gasteiger partial charge in [-0.05, 0) is 28.1 Å². The SMILES string of the molecule is COC(=O)C(C(=O)OC)=S1C(Cl)=CC=C1Br. The second-order valence-electron chi connectivity index (χ2n) is 2.56. The molecule has 7 heteroatoms. The molecule has 0 aromatic carbocycles. The van der Waals surface area contributed by atoms with Crippen molar-refractivity contribution in [3.8, 4) is 0 Å². The zero-order chi connectivity index (χ0) is 12.3. The quantitative estimate of drug-likeness (QED) is 0.443. The maximum atomic E-state index is 11.5. The standard InChI is InChI=1S/C9H8BrClO4S/c1-14-8(12)7(9(13)15-2)16-5(10)3-4-6(16)11/h3-4H,1-2H3. The highest BCUT2D eigenvalue weighted by atomic mass is 79.9. The van der Waals surface area contributed by atoms with E-state index in [1.54, 1.807) is 12.2 Å². The van der Waals surface area contributed by atoms with Crippen LogP contribution in [0.1, 0.15) is 0 Å². The number of hydrogen-bond acceptors (Lipinski definition) is 4. The predicted molar refractivity (Wildman–Crippen MR) is 67.6 cm³/mol. The molecule has 1 unspecified atom stereocenters. The van der Waals surface area contributed by atoms with Crippen LogP contribution in [-0.4, -0.2) is 31.0 Å². The Morgan fingerprint density at radius 1 is 1.25 bits per heavy atom. The van der Waals surface area contributed by atoms with Crippen molar-refractivity contribution in [1.82, 2.24) is 0 Å². The molecular formula is C9H8BrClO4S. The molecule has 0 aliphatic carbocycles. The van der Waals surface area contributed by atoms with Crippen molar-refractivity contribution in [3.63, 3.8) is 0 Å². The summed E-state index contributed by atoms with van der Waals surface area (Å²) in [6.45, 7) is 0. The van der Waals surface area contributed by atoms with Crippen molar-refractivity contribution < 1.29 is 19.1 Å². The Bertz CT molecular complexity index is 401. The molecular weight excluding hydrogens is 320 g/mol. The van der Waals surface area contributed by atoms with Crippen molar-refractivity contribution in [1.29, 1.82) is 0 Å². The normalized spacial score (nSPS) is 18.6. The maximum absolute atomic E-state index is 11.5. The number of carbonyl (C=O) groups excluding carboxylic acids is 2. The van der Waals surface area contributed by atoms with Crippen molar-refractivity contribution in [3.05, 3.63) is 20.3 Å². The van der Waals surface area contributed by atoms with Gasteiger partial charge in [-0.1, -0.05) is 22.1 Å². The second kappa shape index (κ2) is 5.65. The van der Waals surface area contributed by atoms with Gasteiger partial charge in [-0.25, -0.2) is 9.59 Å². The molecule has 1 aliphatic rings. The van der Waals surface area contributed by atoms with E-state index in [9.17, 15) is 9.59 Å². The minimum Gasteiger partial charge on any atom is -0.465 e. The van der Waals surface area contributed by atoms with Crippen LogP contribution in [0.5, 0.6) is 0 Å². The van der Waals surface area contributed by atoms with Gasteiger partial charge in [-0.3, -0.25) is 0 Å². The van der Waals surface area contributed by atoms with Crippen LogP contribution in [0.25, 0.3) is 0 Å². The number of allylic oxidation sites excluding steroid dienone is 2. The molecule has 0 saturated heterocycles. The average molecular weight is 328 g/mol. The molecule has 4 nitrogen and oxygen atoms in total. The third-order valence-electron chi connectivity index (χ3n) is 1.68. The summed E-state index contributed by atoms with van der Waals surface area (Å²) in [6.07, 6.45) is 3.29. The highest BCUT2D eigenvalue weighted by Gasteiger charge is 2.28. The van der Waals surface area contributed by atoms with E-state index in [1.807, 2.05) is 0 Å². The maximum Gasteiger partial charge on any atom is 0.351 e. The van der Waals surface area contributed by atoms with E-state index in [0.717, 1.165) is 0 Å². The van der Waals surface area contributed by atoms with E-state index in [4.69, 9.17) is 11.6 Å². The molecule has 0 saturated carbocycles. The van der Waals surface area contributed by atoms with Gasteiger partial charge in [0.25, 0.3) is 0 Å². The molecule has 0 aromatic heterocycles. The summed E-state index contributed by atoms with van der Waals surface area (Å²) in [5.74, 6) is -1.48. The van der Waals surface area contributed by atoms with Crippen molar-refractivity contribution >= 4 is 54.8 Å². The number of hydrogen-bond donors (Lipinski definition) is 0. The first-order valence-electron chi connectivity index (χ1n) is 4.03. The lowest BCUT2D eigenvalue weighted by Gasteiger charge is -2.09. The van der Waals surface area contributed by atoms with Crippen LogP contribution in [-0.2, 0) is 19.1 Å². The van der Waals surface area contributed by atoms with Crippen LogP contribution in [0.4, 0.5) is 0 Å². The topological polar surface area (TPSA) is 52.6 Å². The third kappa shape index (κ3) is 2.56. The van der Waals surface area contributed by atoms with Crippen LogP contribution >= 0.6 is 38.0 Å². The predicted octanol–water partition coefficient (Wildman–Crippen LogP) is 2.10. The van der Waals surface area contributed by atoms with Gasteiger partial charge in [0.15, 0.2) is 4.86 Å². The Hall–Kier alpha value is -0.590. The summed E-state index contributed by atoms with van der Waals surface area (Å²) in [7, 11) is 1.45. The van der Waals surface area contributed by atoms with Crippen LogP contribution < -0.4 is 0 Å². The van der Waals surface area contributed by atoms with E-state index in [0.29, 0.717) is 8.18 Å². The van der Waals surface area contributed by atoms with Crippen molar-refractivity contribution in [2.24, 2.45) is 0 Å². The lowest BCUT2D eigenvalue weighted by molar-refractivity contribution is -0.137. The van der Waals surface area contributed by atoms with Gasteiger partial charge in [0, 0.05) is 0 Å². The molecule has 0 bridgehead atoms. The molecule has 0 N–H and O–H groups in total. The average Bonchev–Trinajstić information content (AvgIpc) is 2.60. The molecule has 0 aromatic rings. The molecule has 16 heavy (non-hydrogen) atoms. The van der Waals surface area contributed by atoms with E-state index >= 15 is 0 Å². The second-order valence-corrected chi connectivity index (χ2v) is 6.47. The number of ether oxygens (including phenoxy) is 2. The van der Waals surface area contributed by atoms with Crippen LogP contribution in [0.2, 0.25) is 0 Å². The summed E-state index contributed by atoms with van der Waals surface area (Å²) in [5, 5.41) is 0. The fourth-order valence-corrected chi connectivity index (χ4v) is 4.44. The smallest absolute Gasteiger partial charge is 0.351 e. The fraction of sp³-hybridized carbons (Fsp3) is 0.222. The molecule has 0 amide bonds. The fourth-order valence-electron chi connectivity index (χ4n) is 0.991. The summed E-state index contributed by atoms with van der Waals surface area (Å²) in [4.78, 5) is 22.9. The monoisotopic (exact) mass is 326 g/mol. The molecule has 1 heterocycles.